The molecule has 0 spiro atoms. The van der Waals surface area contributed by atoms with Gasteiger partial charge in [0, 0.05) is 25.6 Å². The van der Waals surface area contributed by atoms with Crippen molar-refractivity contribution < 1.29 is 18.0 Å². The van der Waals surface area contributed by atoms with Gasteiger partial charge in [-0.2, -0.15) is 23.4 Å². The molecule has 0 saturated heterocycles. The van der Waals surface area contributed by atoms with Crippen LogP contribution in [0.5, 0.6) is 0 Å². The highest BCUT2D eigenvalue weighted by Crippen LogP contribution is 2.47. The lowest BCUT2D eigenvalue weighted by molar-refractivity contribution is -0.142. The van der Waals surface area contributed by atoms with Crippen molar-refractivity contribution in [2.45, 2.75) is 44.8 Å². The summed E-state index contributed by atoms with van der Waals surface area (Å²) in [5.41, 5.74) is 0.860. The minimum absolute atomic E-state index is 0.00832. The first kappa shape index (κ1) is 18.0. The molecule has 2 heterocycles. The lowest BCUT2D eigenvalue weighted by Gasteiger charge is -2.07. The molecule has 6 nitrogen and oxygen atoms in total. The smallest absolute Gasteiger partial charge is 0.323 e. The molecule has 3 rings (SSSR count). The Balaban J connectivity index is 1.72. The largest absolute Gasteiger partial charge is 0.436 e. The molecular formula is C15H17BrF3N5O. The van der Waals surface area contributed by atoms with E-state index in [2.05, 4.69) is 31.4 Å². The van der Waals surface area contributed by atoms with Gasteiger partial charge < -0.3 is 5.32 Å². The van der Waals surface area contributed by atoms with E-state index in [-0.39, 0.29) is 29.3 Å². The zero-order valence-corrected chi connectivity index (χ0v) is 15.3. The third kappa shape index (κ3) is 3.88. The van der Waals surface area contributed by atoms with Gasteiger partial charge in [-0.25, -0.2) is 0 Å². The zero-order chi connectivity index (χ0) is 18.4. The summed E-state index contributed by atoms with van der Waals surface area (Å²) >= 11 is 3.04. The second-order valence-electron chi connectivity index (χ2n) is 6.14. The number of carbonyl (C=O) groups excluding carboxylic acids is 1. The van der Waals surface area contributed by atoms with Crippen molar-refractivity contribution >= 4 is 27.5 Å². The molecule has 1 aliphatic carbocycles. The van der Waals surface area contributed by atoms with Gasteiger partial charge in [-0.1, -0.05) is 0 Å². The minimum Gasteiger partial charge on any atom is -0.323 e. The molecule has 0 bridgehead atoms. The van der Waals surface area contributed by atoms with Crippen molar-refractivity contribution in [2.24, 2.45) is 7.05 Å². The summed E-state index contributed by atoms with van der Waals surface area (Å²) in [6, 6.07) is 0. The Bertz CT molecular complexity index is 807. The van der Waals surface area contributed by atoms with Crippen LogP contribution in [0.1, 0.15) is 42.3 Å². The van der Waals surface area contributed by atoms with Crippen LogP contribution >= 0.6 is 15.9 Å². The maximum absolute atomic E-state index is 13.1. The second kappa shape index (κ2) is 6.47. The molecule has 0 atom stereocenters. The average molecular weight is 420 g/mol. The van der Waals surface area contributed by atoms with Crippen LogP contribution < -0.4 is 5.32 Å². The molecule has 1 aliphatic rings. The Labute approximate surface area is 150 Å². The minimum atomic E-state index is -4.52. The van der Waals surface area contributed by atoms with Gasteiger partial charge >= 0.3 is 6.18 Å². The van der Waals surface area contributed by atoms with E-state index in [1.54, 1.807) is 24.9 Å². The monoisotopic (exact) mass is 419 g/mol. The molecule has 1 amide bonds. The third-order valence-electron chi connectivity index (χ3n) is 4.00. The molecule has 10 heteroatoms. The first-order chi connectivity index (χ1) is 11.7. The molecule has 1 fully saturated rings. The number of rotatable bonds is 5. The lowest BCUT2D eigenvalue weighted by Crippen LogP contribution is -2.16. The Morgan fingerprint density at radius 1 is 1.40 bits per heavy atom. The number of carbonyl (C=O) groups is 1. The molecule has 0 radical (unpaired) electrons. The highest BCUT2D eigenvalue weighted by Gasteiger charge is 2.41. The topological polar surface area (TPSA) is 64.7 Å². The molecule has 0 aromatic carbocycles. The summed E-state index contributed by atoms with van der Waals surface area (Å²) in [6.45, 7) is 1.85. The Kier molecular flexibility index (Phi) is 4.65. The predicted molar refractivity (Wildman–Crippen MR) is 88.1 cm³/mol. The zero-order valence-electron chi connectivity index (χ0n) is 13.7. The van der Waals surface area contributed by atoms with Gasteiger partial charge in [0.1, 0.15) is 0 Å². The van der Waals surface area contributed by atoms with E-state index in [9.17, 15) is 18.0 Å². The number of aryl methyl sites for hydroxylation is 3. The molecule has 2 aromatic heterocycles. The number of anilines is 1. The van der Waals surface area contributed by atoms with Crippen molar-refractivity contribution in [2.75, 3.05) is 5.32 Å². The summed E-state index contributed by atoms with van der Waals surface area (Å²) in [5.74, 6) is -0.223. The van der Waals surface area contributed by atoms with Crippen LogP contribution in [0.15, 0.2) is 10.7 Å². The van der Waals surface area contributed by atoms with E-state index in [0.29, 0.717) is 17.1 Å². The van der Waals surface area contributed by atoms with E-state index in [0.717, 1.165) is 12.8 Å². The molecule has 2 aromatic rings. The van der Waals surface area contributed by atoms with Crippen molar-refractivity contribution in [1.82, 2.24) is 19.6 Å². The molecule has 0 aliphatic heterocycles. The summed E-state index contributed by atoms with van der Waals surface area (Å²) < 4.78 is 42.1. The van der Waals surface area contributed by atoms with Gasteiger partial charge in [-0.15, -0.1) is 0 Å². The highest BCUT2D eigenvalue weighted by atomic mass is 79.9. The van der Waals surface area contributed by atoms with Gasteiger partial charge in [-0.3, -0.25) is 14.2 Å². The van der Waals surface area contributed by atoms with Gasteiger partial charge in [-0.05, 0) is 35.7 Å². The van der Waals surface area contributed by atoms with Gasteiger partial charge in [0.2, 0.25) is 5.91 Å². The molecular weight excluding hydrogens is 403 g/mol. The lowest BCUT2D eigenvalue weighted by atomic mass is 10.2. The summed E-state index contributed by atoms with van der Waals surface area (Å²) in [4.78, 5) is 12.1. The number of aromatic nitrogens is 4. The van der Waals surface area contributed by atoms with E-state index in [1.165, 1.54) is 4.68 Å². The van der Waals surface area contributed by atoms with Crippen LogP contribution in [0.2, 0.25) is 0 Å². The Hall–Kier alpha value is -1.84. The van der Waals surface area contributed by atoms with Crippen LogP contribution in [-0.2, 0) is 24.6 Å². The van der Waals surface area contributed by atoms with Crippen LogP contribution in [-0.4, -0.2) is 25.5 Å². The van der Waals surface area contributed by atoms with E-state index in [1.807, 2.05) is 0 Å². The Morgan fingerprint density at radius 2 is 2.08 bits per heavy atom. The predicted octanol–water partition coefficient (Wildman–Crippen LogP) is 3.61. The number of nitrogens with zero attached hydrogens (tertiary/aromatic N) is 4. The summed E-state index contributed by atoms with van der Waals surface area (Å²) in [5, 5.41) is 10.5. The molecule has 1 saturated carbocycles. The maximum atomic E-state index is 13.1. The van der Waals surface area contributed by atoms with E-state index >= 15 is 0 Å². The third-order valence-corrected chi connectivity index (χ3v) is 4.78. The SMILES string of the molecule is Cc1nn(C)cc1NC(=O)CCn1nc(C(F)(F)F)c(Br)c1C1CC1. The highest BCUT2D eigenvalue weighted by molar-refractivity contribution is 9.10. The molecule has 25 heavy (non-hydrogen) atoms. The van der Waals surface area contributed by atoms with Crippen LogP contribution in [0, 0.1) is 6.92 Å². The average Bonchev–Trinajstić information content (AvgIpc) is 3.19. The van der Waals surface area contributed by atoms with E-state index < -0.39 is 11.9 Å². The molecule has 1 N–H and O–H groups in total. The second-order valence-corrected chi connectivity index (χ2v) is 6.94. The quantitative estimate of drug-likeness (QED) is 0.804. The van der Waals surface area contributed by atoms with E-state index in [4.69, 9.17) is 0 Å². The molecule has 136 valence electrons. The number of hydrogen-bond acceptors (Lipinski definition) is 3. The van der Waals surface area contributed by atoms with Crippen molar-refractivity contribution in [3.63, 3.8) is 0 Å². The van der Waals surface area contributed by atoms with Crippen molar-refractivity contribution in [1.29, 1.82) is 0 Å². The number of alkyl halides is 3. The fourth-order valence-corrected chi connectivity index (χ4v) is 3.53. The fraction of sp³-hybridized carbons (Fsp3) is 0.533. The standard InChI is InChI=1S/C15H17BrF3N5O/c1-8-10(7-23(2)21-8)20-11(25)5-6-24-13(9-3-4-9)12(16)14(22-24)15(17,18)19/h7,9H,3-6H2,1-2H3,(H,20,25). The number of halogens is 4. The number of nitrogens with one attached hydrogen (secondary N) is 1. The number of hydrogen-bond donors (Lipinski definition) is 1. The van der Waals surface area contributed by atoms with Crippen LogP contribution in [0.3, 0.4) is 0 Å². The van der Waals surface area contributed by atoms with Crippen LogP contribution in [0.4, 0.5) is 18.9 Å². The summed E-state index contributed by atoms with van der Waals surface area (Å²) in [6.07, 6.45) is -1.15. The molecule has 0 unspecified atom stereocenters. The Morgan fingerprint density at radius 3 is 2.60 bits per heavy atom. The maximum Gasteiger partial charge on any atom is 0.436 e. The fourth-order valence-electron chi connectivity index (χ4n) is 2.69. The first-order valence-electron chi connectivity index (χ1n) is 7.80. The van der Waals surface area contributed by atoms with Crippen LogP contribution in [0.25, 0.3) is 0 Å². The number of amides is 1. The summed E-state index contributed by atoms with van der Waals surface area (Å²) in [7, 11) is 1.74. The first-order valence-corrected chi connectivity index (χ1v) is 8.59. The van der Waals surface area contributed by atoms with Crippen molar-refractivity contribution in [3.05, 3.63) is 27.8 Å². The van der Waals surface area contributed by atoms with Crippen molar-refractivity contribution in [3.8, 4) is 0 Å². The van der Waals surface area contributed by atoms with Gasteiger partial charge in [0.15, 0.2) is 5.69 Å². The normalized spacial score (nSPS) is 14.8. The van der Waals surface area contributed by atoms with Gasteiger partial charge in [0.25, 0.3) is 0 Å². The van der Waals surface area contributed by atoms with Gasteiger partial charge in [0.05, 0.1) is 28.1 Å².